The first-order chi connectivity index (χ1) is 24.4. The number of hydrogen-bond donors (Lipinski definition) is 6. The van der Waals surface area contributed by atoms with E-state index in [9.17, 15) is 30.3 Å². The molecule has 0 aromatic carbocycles. The maximum absolute atomic E-state index is 12.5. The van der Waals surface area contributed by atoms with Crippen molar-refractivity contribution < 1.29 is 30.3 Å². The summed E-state index contributed by atoms with van der Waals surface area (Å²) in [6, 6.07) is -1.10. The fraction of sp³-hybridized carbons (Fsp3) is 0.930. The highest BCUT2D eigenvalue weighted by Crippen LogP contribution is 2.17. The normalized spacial score (nSPS) is 14.9. The minimum absolute atomic E-state index is 0.319. The van der Waals surface area contributed by atoms with Crippen molar-refractivity contribution in [2.75, 3.05) is 6.61 Å². The summed E-state index contributed by atoms with van der Waals surface area (Å²) in [5.41, 5.74) is 0. The molecule has 7 heteroatoms. The van der Waals surface area contributed by atoms with Crippen LogP contribution in [0.4, 0.5) is 0 Å². The van der Waals surface area contributed by atoms with Gasteiger partial charge in [0.2, 0.25) is 0 Å². The van der Waals surface area contributed by atoms with Gasteiger partial charge in [-0.05, 0) is 32.1 Å². The first kappa shape index (κ1) is 49.0. The van der Waals surface area contributed by atoms with Crippen LogP contribution in [-0.2, 0) is 4.79 Å². The molecule has 0 aliphatic carbocycles. The number of carbonyl (C=O) groups excluding carboxylic acids is 1. The van der Waals surface area contributed by atoms with E-state index in [0.29, 0.717) is 12.8 Å². The monoisotopic (exact) mass is 712 g/mol. The Morgan fingerprint density at radius 2 is 0.820 bits per heavy atom. The highest BCUT2D eigenvalue weighted by atomic mass is 16.3. The standard InChI is InChI=1S/C43H85NO6/c1-3-5-7-9-11-13-15-17-19-20-22-24-25-27-29-31-33-35-39(46)41(48)38(37-45)44-43(50)42(49)40(47)36-34-32-30-28-26-23-21-18-16-14-12-10-8-6-4-2/h9,11,38-42,45-49H,3-8,10,12-37H2,1-2H3,(H,44,50)/b11-9+/t38-,39+,40+,41-,42+/m0/s1. The van der Waals surface area contributed by atoms with E-state index in [1.54, 1.807) is 0 Å². The maximum Gasteiger partial charge on any atom is 0.251 e. The van der Waals surface area contributed by atoms with E-state index in [0.717, 1.165) is 38.5 Å². The van der Waals surface area contributed by atoms with Crippen LogP contribution in [0, 0.1) is 0 Å². The van der Waals surface area contributed by atoms with Gasteiger partial charge in [0.05, 0.1) is 24.9 Å². The van der Waals surface area contributed by atoms with E-state index in [-0.39, 0.29) is 0 Å². The molecule has 50 heavy (non-hydrogen) atoms. The summed E-state index contributed by atoms with van der Waals surface area (Å²) in [6.07, 6.45) is 36.9. The van der Waals surface area contributed by atoms with Crippen LogP contribution in [0.1, 0.15) is 219 Å². The molecule has 0 aliphatic heterocycles. The van der Waals surface area contributed by atoms with Gasteiger partial charge < -0.3 is 30.8 Å². The molecule has 0 aromatic heterocycles. The third-order valence-corrected chi connectivity index (χ3v) is 10.3. The summed E-state index contributed by atoms with van der Waals surface area (Å²) in [5, 5.41) is 53.9. The first-order valence-electron chi connectivity index (χ1n) is 21.7. The Balaban J connectivity index is 3.84. The van der Waals surface area contributed by atoms with Gasteiger partial charge in [-0.3, -0.25) is 4.79 Å². The zero-order valence-corrected chi connectivity index (χ0v) is 33.0. The molecule has 0 bridgehead atoms. The number of allylic oxidation sites excluding steroid dienone is 2. The minimum Gasteiger partial charge on any atom is -0.394 e. The summed E-state index contributed by atoms with van der Waals surface area (Å²) in [6.45, 7) is 3.92. The summed E-state index contributed by atoms with van der Waals surface area (Å²) < 4.78 is 0. The molecule has 0 fully saturated rings. The van der Waals surface area contributed by atoms with Crippen molar-refractivity contribution in [3.05, 3.63) is 12.2 Å². The predicted octanol–water partition coefficient (Wildman–Crippen LogP) is 9.99. The Morgan fingerprint density at radius 3 is 1.22 bits per heavy atom. The van der Waals surface area contributed by atoms with Crippen molar-refractivity contribution in [3.8, 4) is 0 Å². The molecule has 0 spiro atoms. The highest BCUT2D eigenvalue weighted by Gasteiger charge is 2.31. The lowest BCUT2D eigenvalue weighted by Crippen LogP contribution is -2.54. The van der Waals surface area contributed by atoms with Crippen LogP contribution >= 0.6 is 0 Å². The highest BCUT2D eigenvalue weighted by molar-refractivity contribution is 5.81. The van der Waals surface area contributed by atoms with Crippen LogP contribution in [0.15, 0.2) is 12.2 Å². The molecule has 6 N–H and O–H groups in total. The molecular weight excluding hydrogens is 626 g/mol. The van der Waals surface area contributed by atoms with E-state index in [4.69, 9.17) is 0 Å². The van der Waals surface area contributed by atoms with Crippen molar-refractivity contribution in [2.24, 2.45) is 0 Å². The average molecular weight is 712 g/mol. The number of hydrogen-bond acceptors (Lipinski definition) is 6. The number of carbonyl (C=O) groups is 1. The van der Waals surface area contributed by atoms with Crippen LogP contribution in [0.25, 0.3) is 0 Å². The molecule has 0 aromatic rings. The lowest BCUT2D eigenvalue weighted by Gasteiger charge is -2.28. The van der Waals surface area contributed by atoms with Gasteiger partial charge in [0.25, 0.3) is 5.91 Å². The molecule has 0 heterocycles. The van der Waals surface area contributed by atoms with Crippen molar-refractivity contribution in [3.63, 3.8) is 0 Å². The van der Waals surface area contributed by atoms with Crippen molar-refractivity contribution >= 4 is 5.91 Å². The van der Waals surface area contributed by atoms with Gasteiger partial charge in [0.15, 0.2) is 6.10 Å². The molecular formula is C43H85NO6. The maximum atomic E-state index is 12.5. The molecule has 0 saturated heterocycles. The van der Waals surface area contributed by atoms with Gasteiger partial charge in [-0.1, -0.05) is 199 Å². The minimum atomic E-state index is -1.64. The first-order valence-corrected chi connectivity index (χ1v) is 21.7. The van der Waals surface area contributed by atoms with Crippen LogP contribution < -0.4 is 5.32 Å². The number of aliphatic hydroxyl groups is 5. The third-order valence-electron chi connectivity index (χ3n) is 10.3. The zero-order valence-electron chi connectivity index (χ0n) is 33.0. The Hall–Kier alpha value is -0.990. The summed E-state index contributed by atoms with van der Waals surface area (Å²) in [7, 11) is 0. The van der Waals surface area contributed by atoms with Gasteiger partial charge in [-0.25, -0.2) is 0 Å². The van der Waals surface area contributed by atoms with Gasteiger partial charge in [0, 0.05) is 0 Å². The second-order valence-corrected chi connectivity index (χ2v) is 15.2. The van der Waals surface area contributed by atoms with Crippen molar-refractivity contribution in [1.82, 2.24) is 5.32 Å². The predicted molar refractivity (Wildman–Crippen MR) is 211 cm³/mol. The number of amides is 1. The van der Waals surface area contributed by atoms with E-state index >= 15 is 0 Å². The Kier molecular flexibility index (Phi) is 37.0. The van der Waals surface area contributed by atoms with Gasteiger partial charge in [-0.15, -0.1) is 0 Å². The number of aliphatic hydroxyl groups excluding tert-OH is 5. The molecule has 0 aliphatic rings. The summed E-state index contributed by atoms with van der Waals surface area (Å²) in [5.74, 6) is -0.835. The average Bonchev–Trinajstić information content (AvgIpc) is 3.12. The topological polar surface area (TPSA) is 130 Å². The quantitative estimate of drug-likeness (QED) is 0.0278. The summed E-state index contributed by atoms with van der Waals surface area (Å²) >= 11 is 0. The van der Waals surface area contributed by atoms with Crippen LogP contribution in [0.5, 0.6) is 0 Å². The molecule has 0 saturated carbocycles. The number of nitrogens with one attached hydrogen (secondary N) is 1. The summed E-state index contributed by atoms with van der Waals surface area (Å²) in [4.78, 5) is 12.5. The molecule has 0 unspecified atom stereocenters. The molecule has 0 rings (SSSR count). The smallest absolute Gasteiger partial charge is 0.251 e. The Bertz CT molecular complexity index is 734. The van der Waals surface area contributed by atoms with Gasteiger partial charge in [-0.2, -0.15) is 0 Å². The lowest BCUT2D eigenvalue weighted by molar-refractivity contribution is -0.138. The van der Waals surface area contributed by atoms with Crippen LogP contribution in [-0.4, -0.2) is 68.5 Å². The molecule has 5 atom stereocenters. The van der Waals surface area contributed by atoms with E-state index < -0.39 is 43.0 Å². The third kappa shape index (κ3) is 30.6. The molecule has 298 valence electrons. The molecule has 7 nitrogen and oxygen atoms in total. The van der Waals surface area contributed by atoms with Crippen molar-refractivity contribution in [1.29, 1.82) is 0 Å². The number of rotatable bonds is 39. The van der Waals surface area contributed by atoms with Crippen LogP contribution in [0.2, 0.25) is 0 Å². The SMILES string of the molecule is CCCC/C=C/CCCCCCCCCCCCC[C@@H](O)[C@@H](O)[C@H](CO)NC(=O)[C@H](O)[C@H](O)CCCCCCCCCCCCCCCCC. The van der Waals surface area contributed by atoms with Crippen molar-refractivity contribution in [2.45, 2.75) is 250 Å². The number of unbranched alkanes of at least 4 members (excludes halogenated alkanes) is 27. The fourth-order valence-electron chi connectivity index (χ4n) is 6.77. The second-order valence-electron chi connectivity index (χ2n) is 15.2. The lowest BCUT2D eigenvalue weighted by atomic mass is 9.98. The van der Waals surface area contributed by atoms with Crippen LogP contribution in [0.3, 0.4) is 0 Å². The largest absolute Gasteiger partial charge is 0.394 e. The molecule has 0 radical (unpaired) electrons. The van der Waals surface area contributed by atoms with E-state index in [1.165, 1.54) is 154 Å². The molecule has 1 amide bonds. The van der Waals surface area contributed by atoms with Gasteiger partial charge >= 0.3 is 0 Å². The zero-order chi connectivity index (χ0) is 36.9. The van der Waals surface area contributed by atoms with Gasteiger partial charge in [0.1, 0.15) is 6.10 Å². The second kappa shape index (κ2) is 37.8. The fourth-order valence-corrected chi connectivity index (χ4v) is 6.77. The van der Waals surface area contributed by atoms with E-state index in [1.807, 2.05) is 0 Å². The Labute approximate surface area is 309 Å². The van der Waals surface area contributed by atoms with E-state index in [2.05, 4.69) is 31.3 Å². The Morgan fingerprint density at radius 1 is 0.480 bits per heavy atom.